The molecule has 0 aromatic heterocycles. The maximum Gasteiger partial charge on any atom is 0.246 e. The van der Waals surface area contributed by atoms with Gasteiger partial charge in [-0.25, -0.2) is 0 Å². The second-order valence-corrected chi connectivity index (χ2v) is 4.28. The molecule has 0 aromatic rings. The normalized spacial score (nSPS) is 36.5. The number of rotatable bonds is 3. The van der Waals surface area contributed by atoms with Gasteiger partial charge >= 0.3 is 0 Å². The van der Waals surface area contributed by atoms with Gasteiger partial charge < -0.3 is 10.1 Å². The van der Waals surface area contributed by atoms with Gasteiger partial charge in [0.05, 0.1) is 0 Å². The van der Waals surface area contributed by atoms with E-state index in [1.165, 1.54) is 25.7 Å². The molecule has 0 aliphatic heterocycles. The lowest BCUT2D eigenvalue weighted by molar-refractivity contribution is -0.125. The zero-order valence-electron chi connectivity index (χ0n) is 8.08. The Morgan fingerprint density at radius 2 is 2.31 bits per heavy atom. The van der Waals surface area contributed by atoms with Crippen LogP contribution in [0.2, 0.25) is 0 Å². The molecule has 2 bridgehead atoms. The predicted molar refractivity (Wildman–Crippen MR) is 49.3 cm³/mol. The highest BCUT2D eigenvalue weighted by atomic mass is 16.5. The van der Waals surface area contributed by atoms with Crippen molar-refractivity contribution in [1.82, 2.24) is 5.32 Å². The molecule has 2 fully saturated rings. The Morgan fingerprint density at radius 3 is 2.85 bits per heavy atom. The average Bonchev–Trinajstić information content (AvgIpc) is 2.65. The fourth-order valence-electron chi connectivity index (χ4n) is 2.80. The van der Waals surface area contributed by atoms with Crippen molar-refractivity contribution in [3.05, 3.63) is 0 Å². The fraction of sp³-hybridized carbons (Fsp3) is 0.900. The minimum Gasteiger partial charge on any atom is -0.375 e. The van der Waals surface area contributed by atoms with Crippen LogP contribution in [-0.2, 0) is 9.53 Å². The summed E-state index contributed by atoms with van der Waals surface area (Å²) in [5.74, 6) is 1.68. The van der Waals surface area contributed by atoms with Gasteiger partial charge in [0.25, 0.3) is 0 Å². The quantitative estimate of drug-likeness (QED) is 0.707. The van der Waals surface area contributed by atoms with Crippen molar-refractivity contribution in [2.24, 2.45) is 11.8 Å². The van der Waals surface area contributed by atoms with Crippen molar-refractivity contribution in [3.8, 4) is 0 Å². The Labute approximate surface area is 78.8 Å². The molecule has 0 heterocycles. The van der Waals surface area contributed by atoms with Crippen LogP contribution in [0.4, 0.5) is 0 Å². The summed E-state index contributed by atoms with van der Waals surface area (Å²) in [7, 11) is 1.56. The SMILES string of the molecule is COCC(=O)N[C@@H]1C[C@@H]2CC[C@@H]1C2. The summed E-state index contributed by atoms with van der Waals surface area (Å²) in [4.78, 5) is 11.2. The van der Waals surface area contributed by atoms with Gasteiger partial charge in [-0.3, -0.25) is 4.79 Å². The number of carbonyl (C=O) groups is 1. The first-order valence-corrected chi connectivity index (χ1v) is 5.08. The third kappa shape index (κ3) is 1.85. The molecule has 3 atom stereocenters. The van der Waals surface area contributed by atoms with Gasteiger partial charge in [0.15, 0.2) is 0 Å². The molecule has 13 heavy (non-hydrogen) atoms. The molecule has 2 rings (SSSR count). The van der Waals surface area contributed by atoms with Crippen molar-refractivity contribution in [2.45, 2.75) is 31.7 Å². The average molecular weight is 183 g/mol. The minimum atomic E-state index is 0.0417. The molecule has 2 saturated carbocycles. The van der Waals surface area contributed by atoms with E-state index < -0.39 is 0 Å². The summed E-state index contributed by atoms with van der Waals surface area (Å²) in [6.07, 6.45) is 5.21. The molecule has 3 nitrogen and oxygen atoms in total. The van der Waals surface area contributed by atoms with Gasteiger partial charge in [0, 0.05) is 13.2 Å². The van der Waals surface area contributed by atoms with E-state index in [1.54, 1.807) is 7.11 Å². The monoisotopic (exact) mass is 183 g/mol. The maximum absolute atomic E-state index is 11.2. The molecule has 2 aliphatic carbocycles. The van der Waals surface area contributed by atoms with Crippen LogP contribution in [-0.4, -0.2) is 25.7 Å². The molecule has 1 N–H and O–H groups in total. The highest BCUT2D eigenvalue weighted by molar-refractivity contribution is 5.77. The number of carbonyl (C=O) groups excluding carboxylic acids is 1. The lowest BCUT2D eigenvalue weighted by atomic mass is 9.95. The van der Waals surface area contributed by atoms with Crippen molar-refractivity contribution < 1.29 is 9.53 Å². The van der Waals surface area contributed by atoms with E-state index in [9.17, 15) is 4.79 Å². The van der Waals surface area contributed by atoms with E-state index >= 15 is 0 Å². The van der Waals surface area contributed by atoms with Gasteiger partial charge in [0.2, 0.25) is 5.91 Å². The molecule has 2 aliphatic rings. The van der Waals surface area contributed by atoms with Crippen LogP contribution in [0.1, 0.15) is 25.7 Å². The zero-order chi connectivity index (χ0) is 9.26. The molecule has 0 radical (unpaired) electrons. The van der Waals surface area contributed by atoms with E-state index in [0.29, 0.717) is 6.04 Å². The summed E-state index contributed by atoms with van der Waals surface area (Å²) in [6.45, 7) is 0.202. The second kappa shape index (κ2) is 3.66. The highest BCUT2D eigenvalue weighted by Crippen LogP contribution is 2.44. The number of amides is 1. The van der Waals surface area contributed by atoms with Crippen LogP contribution in [0.25, 0.3) is 0 Å². The van der Waals surface area contributed by atoms with Crippen molar-refractivity contribution in [3.63, 3.8) is 0 Å². The smallest absolute Gasteiger partial charge is 0.246 e. The predicted octanol–water partition coefficient (Wildman–Crippen LogP) is 0.938. The molecule has 0 unspecified atom stereocenters. The van der Waals surface area contributed by atoms with Crippen LogP contribution < -0.4 is 5.32 Å². The lowest BCUT2D eigenvalue weighted by Gasteiger charge is -2.22. The van der Waals surface area contributed by atoms with Gasteiger partial charge in [-0.2, -0.15) is 0 Å². The van der Waals surface area contributed by atoms with Crippen LogP contribution in [0, 0.1) is 11.8 Å². The zero-order valence-corrected chi connectivity index (χ0v) is 8.08. The standard InChI is InChI=1S/C10H17NO2/c1-13-6-10(12)11-9-5-7-2-3-8(9)4-7/h7-9H,2-6H2,1H3,(H,11,12)/t7-,8-,9-/m1/s1. The first-order valence-electron chi connectivity index (χ1n) is 5.08. The molecular weight excluding hydrogens is 166 g/mol. The molecule has 3 heteroatoms. The number of hydrogen-bond acceptors (Lipinski definition) is 2. The summed E-state index contributed by atoms with van der Waals surface area (Å²) >= 11 is 0. The van der Waals surface area contributed by atoms with Crippen LogP contribution >= 0.6 is 0 Å². The maximum atomic E-state index is 11.2. The molecule has 1 amide bonds. The van der Waals surface area contributed by atoms with Crippen LogP contribution in [0.15, 0.2) is 0 Å². The Kier molecular flexibility index (Phi) is 2.54. The number of ether oxygens (including phenoxy) is 1. The third-order valence-corrected chi connectivity index (χ3v) is 3.36. The van der Waals surface area contributed by atoms with Crippen molar-refractivity contribution >= 4 is 5.91 Å². The van der Waals surface area contributed by atoms with E-state index in [2.05, 4.69) is 5.32 Å². The number of fused-ring (bicyclic) bond motifs is 2. The largest absolute Gasteiger partial charge is 0.375 e. The first-order chi connectivity index (χ1) is 6.29. The van der Waals surface area contributed by atoms with E-state index in [0.717, 1.165) is 11.8 Å². The Hall–Kier alpha value is -0.570. The summed E-state index contributed by atoms with van der Waals surface area (Å²) in [5, 5.41) is 3.05. The van der Waals surface area contributed by atoms with Crippen molar-refractivity contribution in [1.29, 1.82) is 0 Å². The summed E-state index contributed by atoms with van der Waals surface area (Å²) in [5.41, 5.74) is 0. The van der Waals surface area contributed by atoms with Crippen LogP contribution in [0.3, 0.4) is 0 Å². The summed E-state index contributed by atoms with van der Waals surface area (Å²) < 4.78 is 4.78. The molecule has 0 saturated heterocycles. The summed E-state index contributed by atoms with van der Waals surface area (Å²) in [6, 6.07) is 0.446. The molecule has 0 spiro atoms. The number of methoxy groups -OCH3 is 1. The molecule has 74 valence electrons. The van der Waals surface area contributed by atoms with E-state index in [1.807, 2.05) is 0 Å². The Morgan fingerprint density at radius 1 is 1.46 bits per heavy atom. The van der Waals surface area contributed by atoms with Crippen LogP contribution in [0.5, 0.6) is 0 Å². The van der Waals surface area contributed by atoms with Gasteiger partial charge in [-0.15, -0.1) is 0 Å². The molecule has 0 aromatic carbocycles. The lowest BCUT2D eigenvalue weighted by Crippen LogP contribution is -2.40. The van der Waals surface area contributed by atoms with E-state index in [-0.39, 0.29) is 12.5 Å². The van der Waals surface area contributed by atoms with Gasteiger partial charge in [-0.05, 0) is 31.1 Å². The second-order valence-electron chi connectivity index (χ2n) is 4.28. The van der Waals surface area contributed by atoms with Crippen molar-refractivity contribution in [2.75, 3.05) is 13.7 Å². The molecular formula is C10H17NO2. The van der Waals surface area contributed by atoms with Gasteiger partial charge in [0.1, 0.15) is 6.61 Å². The fourth-order valence-corrected chi connectivity index (χ4v) is 2.80. The van der Waals surface area contributed by atoms with Gasteiger partial charge in [-0.1, -0.05) is 6.42 Å². The van der Waals surface area contributed by atoms with E-state index in [4.69, 9.17) is 4.74 Å². The highest BCUT2D eigenvalue weighted by Gasteiger charge is 2.39. The number of hydrogen-bond donors (Lipinski definition) is 1. The Bertz CT molecular complexity index is 205. The third-order valence-electron chi connectivity index (χ3n) is 3.36. The first kappa shape index (κ1) is 9.00. The number of nitrogens with one attached hydrogen (secondary N) is 1. The minimum absolute atomic E-state index is 0.0417. The topological polar surface area (TPSA) is 38.3 Å². The Balaban J connectivity index is 1.79.